The maximum absolute atomic E-state index is 11.9. The Balaban J connectivity index is 2.00. The van der Waals surface area contributed by atoms with Crippen LogP contribution in [0.15, 0.2) is 36.5 Å². The number of aromatic nitrogens is 1. The van der Waals surface area contributed by atoms with Crippen LogP contribution in [0.3, 0.4) is 0 Å². The average molecular weight is 243 g/mol. The second kappa shape index (κ2) is 4.96. The molecular weight excluding hydrogens is 226 g/mol. The van der Waals surface area contributed by atoms with Gasteiger partial charge in [0.1, 0.15) is 5.69 Å². The van der Waals surface area contributed by atoms with Crippen molar-refractivity contribution in [3.8, 4) is 0 Å². The van der Waals surface area contributed by atoms with Gasteiger partial charge in [0.2, 0.25) is 0 Å². The minimum Gasteiger partial charge on any atom is -0.397 e. The molecule has 0 aliphatic heterocycles. The molecule has 0 radical (unpaired) electrons. The standard InChI is InChI=1S/C14H17N3O/c1-10-3-5-11(6-4-10)8-16-14(18)13-7-12(15)9-17(13)2/h3-7,9H,8,15H2,1-2H3,(H,16,18). The maximum Gasteiger partial charge on any atom is 0.268 e. The van der Waals surface area contributed by atoms with Gasteiger partial charge in [0, 0.05) is 19.8 Å². The number of nitrogen functional groups attached to an aromatic ring is 1. The lowest BCUT2D eigenvalue weighted by atomic mass is 10.1. The molecule has 0 saturated carbocycles. The molecule has 3 N–H and O–H groups in total. The largest absolute Gasteiger partial charge is 0.397 e. The van der Waals surface area contributed by atoms with E-state index in [1.165, 1.54) is 5.56 Å². The molecule has 0 saturated heterocycles. The first-order chi connectivity index (χ1) is 8.56. The average Bonchev–Trinajstić information content (AvgIpc) is 2.67. The molecule has 0 atom stereocenters. The molecule has 1 heterocycles. The number of aryl methyl sites for hydroxylation is 2. The number of nitrogens with zero attached hydrogens (tertiary/aromatic N) is 1. The molecule has 18 heavy (non-hydrogen) atoms. The minimum atomic E-state index is -0.116. The summed E-state index contributed by atoms with van der Waals surface area (Å²) in [5.41, 5.74) is 9.09. The number of nitrogens with two attached hydrogens (primary N) is 1. The van der Waals surface area contributed by atoms with Gasteiger partial charge in [-0.2, -0.15) is 0 Å². The summed E-state index contributed by atoms with van der Waals surface area (Å²) in [6.45, 7) is 2.55. The third-order valence-electron chi connectivity index (χ3n) is 2.83. The summed E-state index contributed by atoms with van der Waals surface area (Å²) in [5.74, 6) is -0.116. The third-order valence-corrected chi connectivity index (χ3v) is 2.83. The number of nitrogens with one attached hydrogen (secondary N) is 1. The number of hydrogen-bond acceptors (Lipinski definition) is 2. The first-order valence-corrected chi connectivity index (χ1v) is 5.82. The smallest absolute Gasteiger partial charge is 0.268 e. The maximum atomic E-state index is 11.9. The van der Waals surface area contributed by atoms with Crippen LogP contribution < -0.4 is 11.1 Å². The lowest BCUT2D eigenvalue weighted by molar-refractivity contribution is 0.0943. The van der Waals surface area contributed by atoms with Gasteiger partial charge >= 0.3 is 0 Å². The van der Waals surface area contributed by atoms with Crippen molar-refractivity contribution in [2.24, 2.45) is 7.05 Å². The van der Waals surface area contributed by atoms with Crippen LogP contribution >= 0.6 is 0 Å². The monoisotopic (exact) mass is 243 g/mol. The van der Waals surface area contributed by atoms with Crippen molar-refractivity contribution in [1.82, 2.24) is 9.88 Å². The summed E-state index contributed by atoms with van der Waals surface area (Å²) in [7, 11) is 1.80. The number of carbonyl (C=O) groups is 1. The lowest BCUT2D eigenvalue weighted by Gasteiger charge is -2.06. The highest BCUT2D eigenvalue weighted by molar-refractivity contribution is 5.93. The van der Waals surface area contributed by atoms with Crippen molar-refractivity contribution in [3.05, 3.63) is 53.3 Å². The Bertz CT molecular complexity index is 555. The molecular formula is C14H17N3O. The van der Waals surface area contributed by atoms with Gasteiger partial charge in [0.15, 0.2) is 0 Å². The van der Waals surface area contributed by atoms with Crippen LogP contribution in [-0.4, -0.2) is 10.5 Å². The zero-order chi connectivity index (χ0) is 13.1. The first kappa shape index (κ1) is 12.2. The van der Waals surface area contributed by atoms with Crippen LogP contribution in [0.1, 0.15) is 21.6 Å². The van der Waals surface area contributed by atoms with Crippen molar-refractivity contribution >= 4 is 11.6 Å². The fourth-order valence-electron chi connectivity index (χ4n) is 1.79. The zero-order valence-electron chi connectivity index (χ0n) is 10.6. The van der Waals surface area contributed by atoms with Gasteiger partial charge < -0.3 is 15.6 Å². The molecule has 0 spiro atoms. The van der Waals surface area contributed by atoms with Gasteiger partial charge in [-0.25, -0.2) is 0 Å². The van der Waals surface area contributed by atoms with E-state index in [2.05, 4.69) is 5.32 Å². The second-order valence-corrected chi connectivity index (χ2v) is 4.44. The number of carbonyl (C=O) groups excluding carboxylic acids is 1. The Morgan fingerprint density at radius 3 is 2.56 bits per heavy atom. The van der Waals surface area contributed by atoms with Crippen LogP contribution in [0.25, 0.3) is 0 Å². The molecule has 4 nitrogen and oxygen atoms in total. The van der Waals surface area contributed by atoms with Crippen molar-refractivity contribution in [2.75, 3.05) is 5.73 Å². The highest BCUT2D eigenvalue weighted by Gasteiger charge is 2.10. The van der Waals surface area contributed by atoms with Crippen LogP contribution in [0.5, 0.6) is 0 Å². The molecule has 0 aliphatic carbocycles. The summed E-state index contributed by atoms with van der Waals surface area (Å²) >= 11 is 0. The van der Waals surface area contributed by atoms with Crippen LogP contribution in [0, 0.1) is 6.92 Å². The molecule has 0 bridgehead atoms. The molecule has 0 fully saturated rings. The Morgan fingerprint density at radius 2 is 2.00 bits per heavy atom. The Labute approximate surface area is 106 Å². The molecule has 1 amide bonds. The van der Waals surface area contributed by atoms with E-state index in [0.717, 1.165) is 5.56 Å². The minimum absolute atomic E-state index is 0.116. The normalized spacial score (nSPS) is 10.3. The van der Waals surface area contributed by atoms with Gasteiger partial charge in [-0.05, 0) is 18.6 Å². The summed E-state index contributed by atoms with van der Waals surface area (Å²) in [4.78, 5) is 11.9. The summed E-state index contributed by atoms with van der Waals surface area (Å²) < 4.78 is 1.72. The van der Waals surface area contributed by atoms with Gasteiger partial charge in [-0.3, -0.25) is 4.79 Å². The molecule has 2 aromatic rings. The van der Waals surface area contributed by atoms with Gasteiger partial charge in [-0.1, -0.05) is 29.8 Å². The summed E-state index contributed by atoms with van der Waals surface area (Å²) in [5, 5.41) is 2.87. The molecule has 1 aromatic heterocycles. The fraction of sp³-hybridized carbons (Fsp3) is 0.214. The Hall–Kier alpha value is -2.23. The topological polar surface area (TPSA) is 60.1 Å². The number of hydrogen-bond donors (Lipinski definition) is 2. The van der Waals surface area contributed by atoms with Crippen molar-refractivity contribution in [3.63, 3.8) is 0 Å². The van der Waals surface area contributed by atoms with Crippen LogP contribution in [-0.2, 0) is 13.6 Å². The van der Waals surface area contributed by atoms with Crippen molar-refractivity contribution < 1.29 is 4.79 Å². The van der Waals surface area contributed by atoms with E-state index in [4.69, 9.17) is 5.73 Å². The third kappa shape index (κ3) is 2.71. The van der Waals surface area contributed by atoms with E-state index in [0.29, 0.717) is 17.9 Å². The van der Waals surface area contributed by atoms with Gasteiger partial charge in [-0.15, -0.1) is 0 Å². The highest BCUT2D eigenvalue weighted by atomic mass is 16.1. The van der Waals surface area contributed by atoms with E-state index in [9.17, 15) is 4.79 Å². The molecule has 0 aliphatic rings. The predicted molar refractivity (Wildman–Crippen MR) is 72.2 cm³/mol. The van der Waals surface area contributed by atoms with E-state index in [-0.39, 0.29) is 5.91 Å². The summed E-state index contributed by atoms with van der Waals surface area (Å²) in [6.07, 6.45) is 1.72. The quantitative estimate of drug-likeness (QED) is 0.864. The SMILES string of the molecule is Cc1ccc(CNC(=O)c2cc(N)cn2C)cc1. The Morgan fingerprint density at radius 1 is 1.33 bits per heavy atom. The Kier molecular flexibility index (Phi) is 3.37. The van der Waals surface area contributed by atoms with E-state index < -0.39 is 0 Å². The van der Waals surface area contributed by atoms with E-state index in [1.54, 1.807) is 23.9 Å². The van der Waals surface area contributed by atoms with Crippen molar-refractivity contribution in [1.29, 1.82) is 0 Å². The first-order valence-electron chi connectivity index (χ1n) is 5.82. The van der Waals surface area contributed by atoms with Crippen LogP contribution in [0.4, 0.5) is 5.69 Å². The molecule has 94 valence electrons. The lowest BCUT2D eigenvalue weighted by Crippen LogP contribution is -2.24. The number of amides is 1. The molecule has 4 heteroatoms. The second-order valence-electron chi connectivity index (χ2n) is 4.44. The molecule has 1 aromatic carbocycles. The van der Waals surface area contributed by atoms with E-state index >= 15 is 0 Å². The number of benzene rings is 1. The van der Waals surface area contributed by atoms with Crippen LogP contribution in [0.2, 0.25) is 0 Å². The number of anilines is 1. The van der Waals surface area contributed by atoms with Crippen molar-refractivity contribution in [2.45, 2.75) is 13.5 Å². The molecule has 0 unspecified atom stereocenters. The summed E-state index contributed by atoms with van der Waals surface area (Å²) in [6, 6.07) is 9.75. The highest BCUT2D eigenvalue weighted by Crippen LogP contribution is 2.09. The van der Waals surface area contributed by atoms with Gasteiger partial charge in [0.05, 0.1) is 5.69 Å². The molecule has 2 rings (SSSR count). The predicted octanol–water partition coefficient (Wildman–Crippen LogP) is 1.85. The zero-order valence-corrected chi connectivity index (χ0v) is 10.6. The fourth-order valence-corrected chi connectivity index (χ4v) is 1.79. The van der Waals surface area contributed by atoms with E-state index in [1.807, 2.05) is 31.2 Å². The number of rotatable bonds is 3. The van der Waals surface area contributed by atoms with Gasteiger partial charge in [0.25, 0.3) is 5.91 Å².